The molecule has 1 unspecified atom stereocenters. The van der Waals surface area contributed by atoms with Gasteiger partial charge in [-0.25, -0.2) is 0 Å². The molecule has 0 aromatic heterocycles. The minimum Gasteiger partial charge on any atom is -0.385 e. The molecule has 1 aromatic carbocycles. The van der Waals surface area contributed by atoms with E-state index < -0.39 is 0 Å². The van der Waals surface area contributed by atoms with Gasteiger partial charge >= 0.3 is 0 Å². The average Bonchev–Trinajstić information content (AvgIpc) is 2.43. The third-order valence-corrected chi connectivity index (χ3v) is 3.82. The minimum absolute atomic E-state index is 0.0428. The van der Waals surface area contributed by atoms with Gasteiger partial charge in [0, 0.05) is 44.4 Å². The van der Waals surface area contributed by atoms with Crippen LogP contribution in [0, 0.1) is 0 Å². The van der Waals surface area contributed by atoms with Gasteiger partial charge in [0.2, 0.25) is 0 Å². The van der Waals surface area contributed by atoms with E-state index in [1.165, 1.54) is 5.69 Å². The van der Waals surface area contributed by atoms with Crippen molar-refractivity contribution < 1.29 is 9.47 Å². The fourth-order valence-electron chi connectivity index (χ4n) is 2.02. The van der Waals surface area contributed by atoms with E-state index in [0.29, 0.717) is 6.61 Å². The van der Waals surface area contributed by atoms with Crippen LogP contribution >= 0.6 is 15.9 Å². The first-order chi connectivity index (χ1) is 9.60. The molecule has 1 aromatic rings. The topological polar surface area (TPSA) is 47.7 Å². The van der Waals surface area contributed by atoms with Crippen LogP contribution < -0.4 is 10.6 Å². The Morgan fingerprint density at radius 1 is 1.20 bits per heavy atom. The van der Waals surface area contributed by atoms with Crippen LogP contribution in [0.2, 0.25) is 0 Å². The van der Waals surface area contributed by atoms with E-state index in [9.17, 15) is 0 Å². The number of benzene rings is 1. The van der Waals surface area contributed by atoms with Crippen molar-refractivity contribution in [3.63, 3.8) is 0 Å². The Morgan fingerprint density at radius 3 is 2.45 bits per heavy atom. The van der Waals surface area contributed by atoms with E-state index in [2.05, 4.69) is 39.0 Å². The third kappa shape index (κ3) is 5.40. The molecule has 1 atom stereocenters. The second-order valence-electron chi connectivity index (χ2n) is 4.83. The lowest BCUT2D eigenvalue weighted by Gasteiger charge is -2.26. The standard InChI is InChI=1S/C15H25BrN2O2/c1-12(17)13-5-6-15(14(16)11-13)18(8-10-20-3)7-4-9-19-2/h5-6,11-12H,4,7-10,17H2,1-3H3. The molecule has 0 amide bonds. The van der Waals surface area contributed by atoms with Crippen LogP contribution in [-0.2, 0) is 9.47 Å². The molecule has 0 saturated carbocycles. The van der Waals surface area contributed by atoms with Crippen molar-refractivity contribution in [3.05, 3.63) is 28.2 Å². The number of anilines is 1. The zero-order valence-corrected chi connectivity index (χ0v) is 14.1. The Morgan fingerprint density at radius 2 is 1.90 bits per heavy atom. The van der Waals surface area contributed by atoms with Crippen LogP contribution in [0.15, 0.2) is 22.7 Å². The monoisotopic (exact) mass is 344 g/mol. The summed E-state index contributed by atoms with van der Waals surface area (Å²) in [7, 11) is 3.45. The van der Waals surface area contributed by atoms with Gasteiger partial charge in [0.1, 0.15) is 0 Å². The Bertz CT molecular complexity index is 399. The summed E-state index contributed by atoms with van der Waals surface area (Å²) in [6.45, 7) is 5.25. The van der Waals surface area contributed by atoms with Crippen molar-refractivity contribution in [2.24, 2.45) is 5.73 Å². The molecule has 0 spiro atoms. The van der Waals surface area contributed by atoms with Crippen LogP contribution in [0.4, 0.5) is 5.69 Å². The highest BCUT2D eigenvalue weighted by molar-refractivity contribution is 9.10. The van der Waals surface area contributed by atoms with Gasteiger partial charge in [-0.3, -0.25) is 0 Å². The van der Waals surface area contributed by atoms with E-state index in [0.717, 1.165) is 36.2 Å². The molecule has 0 aliphatic carbocycles. The summed E-state index contributed by atoms with van der Waals surface area (Å²) < 4.78 is 11.4. The average molecular weight is 345 g/mol. The van der Waals surface area contributed by atoms with E-state index in [-0.39, 0.29) is 6.04 Å². The Balaban J connectivity index is 2.82. The van der Waals surface area contributed by atoms with Gasteiger partial charge in [0.05, 0.1) is 12.3 Å². The molecular formula is C15H25BrN2O2. The summed E-state index contributed by atoms with van der Waals surface area (Å²) in [6.07, 6.45) is 0.988. The van der Waals surface area contributed by atoms with Gasteiger partial charge < -0.3 is 20.1 Å². The molecule has 0 bridgehead atoms. The Hall–Kier alpha value is -0.620. The fourth-order valence-corrected chi connectivity index (χ4v) is 2.66. The maximum Gasteiger partial charge on any atom is 0.0637 e. The minimum atomic E-state index is 0.0428. The fraction of sp³-hybridized carbons (Fsp3) is 0.600. The zero-order valence-electron chi connectivity index (χ0n) is 12.6. The number of nitrogens with zero attached hydrogens (tertiary/aromatic N) is 1. The molecule has 0 heterocycles. The molecule has 0 fully saturated rings. The molecule has 0 saturated heterocycles. The van der Waals surface area contributed by atoms with Gasteiger partial charge in [-0.15, -0.1) is 0 Å². The first-order valence-electron chi connectivity index (χ1n) is 6.88. The van der Waals surface area contributed by atoms with E-state index >= 15 is 0 Å². The molecule has 0 radical (unpaired) electrons. The van der Waals surface area contributed by atoms with Gasteiger partial charge in [0.15, 0.2) is 0 Å². The summed E-state index contributed by atoms with van der Waals surface area (Å²) in [5.74, 6) is 0. The summed E-state index contributed by atoms with van der Waals surface area (Å²) in [5.41, 5.74) is 8.21. The zero-order chi connectivity index (χ0) is 15.0. The van der Waals surface area contributed by atoms with Crippen molar-refractivity contribution in [2.45, 2.75) is 19.4 Å². The first kappa shape index (κ1) is 17.4. The normalized spacial score (nSPS) is 12.4. The SMILES string of the molecule is COCCCN(CCOC)c1ccc(C(C)N)cc1Br. The highest BCUT2D eigenvalue weighted by Gasteiger charge is 2.11. The predicted molar refractivity (Wildman–Crippen MR) is 87.3 cm³/mol. The number of halogens is 1. The predicted octanol–water partition coefficient (Wildman–Crippen LogP) is 2.96. The molecule has 4 nitrogen and oxygen atoms in total. The van der Waals surface area contributed by atoms with Crippen molar-refractivity contribution in [2.75, 3.05) is 45.4 Å². The summed E-state index contributed by atoms with van der Waals surface area (Å²) in [5, 5.41) is 0. The van der Waals surface area contributed by atoms with E-state index in [1.54, 1.807) is 14.2 Å². The number of nitrogens with two attached hydrogens (primary N) is 1. The van der Waals surface area contributed by atoms with Gasteiger partial charge in [0.25, 0.3) is 0 Å². The van der Waals surface area contributed by atoms with Crippen molar-refractivity contribution >= 4 is 21.6 Å². The van der Waals surface area contributed by atoms with E-state index in [4.69, 9.17) is 15.2 Å². The van der Waals surface area contributed by atoms with Crippen LogP contribution in [0.25, 0.3) is 0 Å². The molecule has 2 N–H and O–H groups in total. The molecule has 20 heavy (non-hydrogen) atoms. The number of hydrogen-bond acceptors (Lipinski definition) is 4. The molecule has 0 aliphatic rings. The summed E-state index contributed by atoms with van der Waals surface area (Å²) in [6, 6.07) is 6.34. The quantitative estimate of drug-likeness (QED) is 0.699. The van der Waals surface area contributed by atoms with Crippen LogP contribution in [0.1, 0.15) is 24.9 Å². The number of methoxy groups -OCH3 is 2. The lowest BCUT2D eigenvalue weighted by atomic mass is 10.1. The molecule has 5 heteroatoms. The van der Waals surface area contributed by atoms with E-state index in [1.807, 2.05) is 6.92 Å². The smallest absolute Gasteiger partial charge is 0.0637 e. The molecule has 0 aliphatic heterocycles. The third-order valence-electron chi connectivity index (χ3n) is 3.18. The molecular weight excluding hydrogens is 320 g/mol. The lowest BCUT2D eigenvalue weighted by molar-refractivity contribution is 0.191. The number of rotatable bonds is 9. The highest BCUT2D eigenvalue weighted by atomic mass is 79.9. The van der Waals surface area contributed by atoms with Crippen LogP contribution in [0.3, 0.4) is 0 Å². The van der Waals surface area contributed by atoms with Gasteiger partial charge in [-0.05, 0) is 47.0 Å². The van der Waals surface area contributed by atoms with Gasteiger partial charge in [-0.1, -0.05) is 6.07 Å². The summed E-state index contributed by atoms with van der Waals surface area (Å²) >= 11 is 3.65. The molecule has 1 rings (SSSR count). The van der Waals surface area contributed by atoms with Crippen molar-refractivity contribution in [1.29, 1.82) is 0 Å². The van der Waals surface area contributed by atoms with Crippen LogP contribution in [0.5, 0.6) is 0 Å². The van der Waals surface area contributed by atoms with Crippen molar-refractivity contribution in [1.82, 2.24) is 0 Å². The van der Waals surface area contributed by atoms with Crippen molar-refractivity contribution in [3.8, 4) is 0 Å². The maximum atomic E-state index is 5.92. The maximum absolute atomic E-state index is 5.92. The Labute approximate surface area is 130 Å². The number of ether oxygens (including phenoxy) is 2. The summed E-state index contributed by atoms with van der Waals surface area (Å²) in [4.78, 5) is 2.30. The Kier molecular flexibility index (Phi) is 8.14. The molecule has 114 valence electrons. The highest BCUT2D eigenvalue weighted by Crippen LogP contribution is 2.29. The lowest BCUT2D eigenvalue weighted by Crippen LogP contribution is -2.29. The second-order valence-corrected chi connectivity index (χ2v) is 5.68. The van der Waals surface area contributed by atoms with Crippen LogP contribution in [-0.4, -0.2) is 40.5 Å². The second kappa shape index (κ2) is 9.34. The van der Waals surface area contributed by atoms with Gasteiger partial charge in [-0.2, -0.15) is 0 Å². The number of hydrogen-bond donors (Lipinski definition) is 1. The largest absolute Gasteiger partial charge is 0.385 e. The first-order valence-corrected chi connectivity index (χ1v) is 7.67.